The molecule has 2 heterocycles. The first-order valence-electron chi connectivity index (χ1n) is 6.90. The number of hydrogen-bond donors (Lipinski definition) is 1. The molecule has 22 heavy (non-hydrogen) atoms. The molecule has 0 aliphatic carbocycles. The van der Waals surface area contributed by atoms with E-state index in [4.69, 9.17) is 4.42 Å². The smallest absolute Gasteiger partial charge is 0.231 e. The molecule has 6 heteroatoms. The van der Waals surface area contributed by atoms with Crippen molar-refractivity contribution in [3.63, 3.8) is 0 Å². The minimum atomic E-state index is -0.183. The van der Waals surface area contributed by atoms with Crippen molar-refractivity contribution in [2.24, 2.45) is 0 Å². The Kier molecular flexibility index (Phi) is 4.39. The predicted molar refractivity (Wildman–Crippen MR) is 85.5 cm³/mol. The lowest BCUT2D eigenvalue weighted by Crippen LogP contribution is -2.28. The molecular weight excluding hydrogens is 298 g/mol. The van der Waals surface area contributed by atoms with Gasteiger partial charge in [-0.3, -0.25) is 4.79 Å². The fraction of sp³-hybridized carbons (Fsp3) is 0.188. The first kappa shape index (κ1) is 14.6. The monoisotopic (exact) mass is 313 g/mol. The van der Waals surface area contributed by atoms with Crippen LogP contribution in [-0.4, -0.2) is 21.6 Å². The number of rotatable bonds is 5. The quantitative estimate of drug-likeness (QED) is 0.579. The van der Waals surface area contributed by atoms with Gasteiger partial charge in [0.25, 0.3) is 0 Å². The Morgan fingerprint density at radius 1 is 1.27 bits per heavy atom. The lowest BCUT2D eigenvalue weighted by molar-refractivity contribution is -0.119. The van der Waals surface area contributed by atoms with Crippen LogP contribution < -0.4 is 5.32 Å². The van der Waals surface area contributed by atoms with Crippen LogP contribution in [0.4, 0.5) is 0 Å². The summed E-state index contributed by atoms with van der Waals surface area (Å²) in [6, 6.07) is 11.3. The molecule has 5 nitrogen and oxygen atoms in total. The van der Waals surface area contributed by atoms with E-state index in [1.807, 2.05) is 37.3 Å². The van der Waals surface area contributed by atoms with Crippen LogP contribution >= 0.6 is 11.8 Å². The standard InChI is InChI=1S/C16H15N3O2S/c1-11(14-9-12-5-2-3-6-13(12)21-14)19-15(20)10-22-16-17-7-4-8-18-16/h2-9,11H,10H2,1H3,(H,19,20)/t11-/m0/s1. The molecule has 0 unspecified atom stereocenters. The molecule has 0 radical (unpaired) electrons. The molecule has 1 atom stereocenters. The minimum Gasteiger partial charge on any atom is -0.459 e. The number of carbonyl (C=O) groups excluding carboxylic acids is 1. The van der Waals surface area contributed by atoms with Crippen LogP contribution in [0.25, 0.3) is 11.0 Å². The lowest BCUT2D eigenvalue weighted by atomic mass is 10.2. The zero-order chi connectivity index (χ0) is 15.4. The van der Waals surface area contributed by atoms with E-state index in [1.54, 1.807) is 18.5 Å². The maximum absolute atomic E-state index is 12.0. The van der Waals surface area contributed by atoms with Gasteiger partial charge >= 0.3 is 0 Å². The summed E-state index contributed by atoms with van der Waals surface area (Å²) in [7, 11) is 0. The third-order valence-corrected chi connectivity index (χ3v) is 4.00. The number of nitrogens with one attached hydrogen (secondary N) is 1. The zero-order valence-electron chi connectivity index (χ0n) is 12.0. The third kappa shape index (κ3) is 3.46. The number of fused-ring (bicyclic) bond motifs is 1. The molecule has 3 rings (SSSR count). The van der Waals surface area contributed by atoms with Gasteiger partial charge < -0.3 is 9.73 Å². The number of amides is 1. The molecular formula is C16H15N3O2S. The Bertz CT molecular complexity index is 740. The fourth-order valence-electron chi connectivity index (χ4n) is 2.06. The number of benzene rings is 1. The van der Waals surface area contributed by atoms with Gasteiger partial charge in [-0.1, -0.05) is 30.0 Å². The molecule has 0 bridgehead atoms. The second-order valence-electron chi connectivity index (χ2n) is 4.80. The van der Waals surface area contributed by atoms with Gasteiger partial charge in [-0.2, -0.15) is 0 Å². The number of carbonyl (C=O) groups is 1. The minimum absolute atomic E-state index is 0.0783. The summed E-state index contributed by atoms with van der Waals surface area (Å²) < 4.78 is 5.75. The van der Waals surface area contributed by atoms with Crippen molar-refractivity contribution >= 4 is 28.6 Å². The van der Waals surface area contributed by atoms with Gasteiger partial charge in [0, 0.05) is 17.8 Å². The molecule has 0 aliphatic rings. The van der Waals surface area contributed by atoms with E-state index in [1.165, 1.54) is 11.8 Å². The van der Waals surface area contributed by atoms with Crippen molar-refractivity contribution in [1.82, 2.24) is 15.3 Å². The lowest BCUT2D eigenvalue weighted by Gasteiger charge is -2.10. The van der Waals surface area contributed by atoms with Crippen LogP contribution in [0.3, 0.4) is 0 Å². The van der Waals surface area contributed by atoms with Crippen molar-refractivity contribution < 1.29 is 9.21 Å². The normalized spacial score (nSPS) is 12.2. The Hall–Kier alpha value is -2.34. The topological polar surface area (TPSA) is 68.0 Å². The van der Waals surface area contributed by atoms with Crippen molar-refractivity contribution in [1.29, 1.82) is 0 Å². The van der Waals surface area contributed by atoms with Crippen LogP contribution in [0.1, 0.15) is 18.7 Å². The molecule has 0 fully saturated rings. The van der Waals surface area contributed by atoms with Crippen LogP contribution in [0, 0.1) is 0 Å². The van der Waals surface area contributed by atoms with Crippen molar-refractivity contribution in [2.75, 3.05) is 5.75 Å². The Balaban J connectivity index is 1.58. The second kappa shape index (κ2) is 6.62. The first-order chi connectivity index (χ1) is 10.7. The highest BCUT2D eigenvalue weighted by molar-refractivity contribution is 7.99. The molecule has 1 N–H and O–H groups in total. The first-order valence-corrected chi connectivity index (χ1v) is 7.88. The Morgan fingerprint density at radius 3 is 2.82 bits per heavy atom. The fourth-order valence-corrected chi connectivity index (χ4v) is 2.67. The Morgan fingerprint density at radius 2 is 2.05 bits per heavy atom. The maximum Gasteiger partial charge on any atom is 0.231 e. The summed E-state index contributed by atoms with van der Waals surface area (Å²) in [5.41, 5.74) is 0.825. The molecule has 2 aromatic heterocycles. The SMILES string of the molecule is C[C@H](NC(=O)CSc1ncccn1)c1cc2ccccc2o1. The highest BCUT2D eigenvalue weighted by Gasteiger charge is 2.14. The summed E-state index contributed by atoms with van der Waals surface area (Å²) in [4.78, 5) is 20.1. The van der Waals surface area contributed by atoms with E-state index in [0.717, 1.165) is 16.7 Å². The van der Waals surface area contributed by atoms with Gasteiger partial charge in [-0.05, 0) is 25.1 Å². The predicted octanol–water partition coefficient (Wildman–Crippen LogP) is 3.19. The summed E-state index contributed by atoms with van der Waals surface area (Å²) in [6.45, 7) is 1.90. The van der Waals surface area contributed by atoms with E-state index in [2.05, 4.69) is 15.3 Å². The van der Waals surface area contributed by atoms with Gasteiger partial charge in [0.2, 0.25) is 5.91 Å². The molecule has 0 spiro atoms. The average Bonchev–Trinajstić information content (AvgIpc) is 2.98. The largest absolute Gasteiger partial charge is 0.459 e. The van der Waals surface area contributed by atoms with Gasteiger partial charge in [0.1, 0.15) is 11.3 Å². The zero-order valence-corrected chi connectivity index (χ0v) is 12.8. The molecule has 0 saturated heterocycles. The Labute approximate surface area is 132 Å². The molecule has 112 valence electrons. The number of hydrogen-bond acceptors (Lipinski definition) is 5. The summed E-state index contributed by atoms with van der Waals surface area (Å²) in [5, 5.41) is 4.54. The van der Waals surface area contributed by atoms with Crippen molar-refractivity contribution in [3.8, 4) is 0 Å². The molecule has 0 aliphatic heterocycles. The van der Waals surface area contributed by atoms with Crippen molar-refractivity contribution in [2.45, 2.75) is 18.1 Å². The summed E-state index contributed by atoms with van der Waals surface area (Å²) in [6.07, 6.45) is 3.31. The maximum atomic E-state index is 12.0. The van der Waals surface area contributed by atoms with E-state index in [-0.39, 0.29) is 17.7 Å². The van der Waals surface area contributed by atoms with Gasteiger partial charge in [-0.25, -0.2) is 9.97 Å². The number of aromatic nitrogens is 2. The van der Waals surface area contributed by atoms with Crippen LogP contribution in [0.15, 0.2) is 58.4 Å². The number of nitrogens with zero attached hydrogens (tertiary/aromatic N) is 2. The van der Waals surface area contributed by atoms with Crippen LogP contribution in [-0.2, 0) is 4.79 Å². The van der Waals surface area contributed by atoms with E-state index >= 15 is 0 Å². The highest BCUT2D eigenvalue weighted by atomic mass is 32.2. The highest BCUT2D eigenvalue weighted by Crippen LogP contribution is 2.23. The van der Waals surface area contributed by atoms with Crippen LogP contribution in [0.5, 0.6) is 0 Å². The van der Waals surface area contributed by atoms with Gasteiger partial charge in [0.05, 0.1) is 11.8 Å². The van der Waals surface area contributed by atoms with Crippen LogP contribution in [0.2, 0.25) is 0 Å². The van der Waals surface area contributed by atoms with E-state index in [0.29, 0.717) is 5.16 Å². The number of thioether (sulfide) groups is 1. The van der Waals surface area contributed by atoms with Gasteiger partial charge in [0.15, 0.2) is 5.16 Å². The molecule has 3 aromatic rings. The molecule has 1 aromatic carbocycles. The summed E-state index contributed by atoms with van der Waals surface area (Å²) >= 11 is 1.31. The number of para-hydroxylation sites is 1. The molecule has 1 amide bonds. The summed E-state index contributed by atoms with van der Waals surface area (Å²) in [5.74, 6) is 0.940. The third-order valence-electron chi connectivity index (χ3n) is 3.12. The average molecular weight is 313 g/mol. The van der Waals surface area contributed by atoms with Crippen molar-refractivity contribution in [3.05, 3.63) is 54.6 Å². The van der Waals surface area contributed by atoms with E-state index < -0.39 is 0 Å². The number of furan rings is 1. The van der Waals surface area contributed by atoms with E-state index in [9.17, 15) is 4.79 Å². The second-order valence-corrected chi connectivity index (χ2v) is 5.74. The van der Waals surface area contributed by atoms with Gasteiger partial charge in [-0.15, -0.1) is 0 Å². The molecule has 0 saturated carbocycles.